The number of phenolic OH excluding ortho intramolecular Hbond substituents is 3. The Bertz CT molecular complexity index is 1120. The second-order valence-electron chi connectivity index (χ2n) is 9.24. The molecule has 2 heterocycles. The van der Waals surface area contributed by atoms with E-state index in [1.165, 1.54) is 7.11 Å². The summed E-state index contributed by atoms with van der Waals surface area (Å²) in [6, 6.07) is 3.80. The van der Waals surface area contributed by atoms with Crippen LogP contribution in [-0.4, -0.2) is 29.0 Å². The van der Waals surface area contributed by atoms with Gasteiger partial charge in [0.05, 0.1) is 19.6 Å². The van der Waals surface area contributed by atoms with Gasteiger partial charge in [0.25, 0.3) is 0 Å². The molecule has 3 N–H and O–H groups in total. The lowest BCUT2D eigenvalue weighted by molar-refractivity contribution is 0.133. The van der Waals surface area contributed by atoms with Gasteiger partial charge in [-0.1, -0.05) is 31.6 Å². The monoisotopic (exact) mass is 438 g/mol. The molecule has 0 aliphatic carbocycles. The number of hydrogen-bond acceptors (Lipinski definition) is 6. The number of allylic oxidation sites excluding steroid dienone is 3. The lowest BCUT2D eigenvalue weighted by atomic mass is 9.80. The van der Waals surface area contributed by atoms with Gasteiger partial charge in [0.2, 0.25) is 11.5 Å². The molecule has 0 saturated carbocycles. The first-order valence-corrected chi connectivity index (χ1v) is 10.7. The largest absolute Gasteiger partial charge is 0.504 e. The first kappa shape index (κ1) is 21.9. The standard InChI is InChI=1S/C26H30O6/c1-7-26(4,5)18-11-15-17-12-31-23-16(22(17)32-24(15)21(29)25(18)30-6)10-14(9-8-13(2)3)19(27)20(23)28/h7-8,10-11,17,22,27-29H,1,9,12H2,2-6H3/t17-,22-/m0/s1. The van der Waals surface area contributed by atoms with E-state index in [4.69, 9.17) is 14.2 Å². The van der Waals surface area contributed by atoms with Crippen LogP contribution in [0.5, 0.6) is 34.5 Å². The Morgan fingerprint density at radius 3 is 2.47 bits per heavy atom. The van der Waals surface area contributed by atoms with Crippen molar-refractivity contribution < 1.29 is 29.5 Å². The Hall–Kier alpha value is -3.28. The van der Waals surface area contributed by atoms with Crippen LogP contribution in [0.4, 0.5) is 0 Å². The second-order valence-corrected chi connectivity index (χ2v) is 9.24. The van der Waals surface area contributed by atoms with E-state index in [1.54, 1.807) is 0 Å². The average Bonchev–Trinajstić information content (AvgIpc) is 3.14. The number of ether oxygens (including phenoxy) is 3. The van der Waals surface area contributed by atoms with Crippen molar-refractivity contribution >= 4 is 0 Å². The maximum Gasteiger partial charge on any atom is 0.201 e. The van der Waals surface area contributed by atoms with E-state index in [0.717, 1.165) is 16.7 Å². The van der Waals surface area contributed by atoms with Crippen molar-refractivity contribution in [1.29, 1.82) is 0 Å². The minimum atomic E-state index is -0.469. The predicted molar refractivity (Wildman–Crippen MR) is 122 cm³/mol. The van der Waals surface area contributed by atoms with E-state index in [0.29, 0.717) is 29.0 Å². The van der Waals surface area contributed by atoms with Crippen molar-refractivity contribution in [3.8, 4) is 34.5 Å². The molecule has 0 radical (unpaired) electrons. The van der Waals surface area contributed by atoms with Crippen LogP contribution in [0, 0.1) is 0 Å². The van der Waals surface area contributed by atoms with Crippen LogP contribution in [0.2, 0.25) is 0 Å². The molecule has 32 heavy (non-hydrogen) atoms. The van der Waals surface area contributed by atoms with Gasteiger partial charge in [-0.15, -0.1) is 6.58 Å². The smallest absolute Gasteiger partial charge is 0.201 e. The topological polar surface area (TPSA) is 88.4 Å². The van der Waals surface area contributed by atoms with Gasteiger partial charge in [-0.3, -0.25) is 0 Å². The molecule has 6 nitrogen and oxygen atoms in total. The van der Waals surface area contributed by atoms with Crippen LogP contribution >= 0.6 is 0 Å². The van der Waals surface area contributed by atoms with Crippen molar-refractivity contribution in [3.63, 3.8) is 0 Å². The SMILES string of the molecule is C=CC(C)(C)c1cc2c(c(O)c1OC)O[C@H]1c3cc(CC=C(C)C)c(O)c(O)c3OC[C@@H]21. The summed E-state index contributed by atoms with van der Waals surface area (Å²) in [4.78, 5) is 0. The Labute approximate surface area is 188 Å². The summed E-state index contributed by atoms with van der Waals surface area (Å²) in [5.41, 5.74) is 3.52. The number of hydrogen-bond donors (Lipinski definition) is 3. The molecule has 2 aromatic carbocycles. The average molecular weight is 439 g/mol. The van der Waals surface area contributed by atoms with Crippen molar-refractivity contribution in [2.75, 3.05) is 13.7 Å². The Balaban J connectivity index is 1.85. The molecule has 0 amide bonds. The number of phenols is 3. The molecule has 2 atom stereocenters. The maximum absolute atomic E-state index is 11.0. The fourth-order valence-corrected chi connectivity index (χ4v) is 4.40. The highest BCUT2D eigenvalue weighted by Gasteiger charge is 2.45. The van der Waals surface area contributed by atoms with E-state index >= 15 is 0 Å². The molecule has 0 aromatic heterocycles. The first-order valence-electron chi connectivity index (χ1n) is 10.7. The third-order valence-electron chi connectivity index (χ3n) is 6.43. The molecular formula is C26H30O6. The van der Waals surface area contributed by atoms with Gasteiger partial charge in [-0.05, 0) is 32.4 Å². The maximum atomic E-state index is 11.0. The van der Waals surface area contributed by atoms with Crippen LogP contribution in [0.25, 0.3) is 0 Å². The summed E-state index contributed by atoms with van der Waals surface area (Å²) in [7, 11) is 1.51. The summed E-state index contributed by atoms with van der Waals surface area (Å²) < 4.78 is 17.7. The van der Waals surface area contributed by atoms with Crippen LogP contribution in [0.3, 0.4) is 0 Å². The quantitative estimate of drug-likeness (QED) is 0.428. The van der Waals surface area contributed by atoms with E-state index in [-0.39, 0.29) is 35.5 Å². The molecule has 2 aromatic rings. The summed E-state index contributed by atoms with van der Waals surface area (Å²) in [5.74, 6) is 0.215. The van der Waals surface area contributed by atoms with Gasteiger partial charge in [0.1, 0.15) is 6.10 Å². The molecule has 4 rings (SSSR count). The fourth-order valence-electron chi connectivity index (χ4n) is 4.40. The molecule has 0 saturated heterocycles. The number of aromatic hydroxyl groups is 3. The minimum Gasteiger partial charge on any atom is -0.504 e. The zero-order valence-corrected chi connectivity index (χ0v) is 19.2. The van der Waals surface area contributed by atoms with Gasteiger partial charge >= 0.3 is 0 Å². The molecule has 170 valence electrons. The van der Waals surface area contributed by atoms with Crippen molar-refractivity contribution in [2.24, 2.45) is 0 Å². The Kier molecular flexibility index (Phi) is 5.27. The normalized spacial score (nSPS) is 18.5. The highest BCUT2D eigenvalue weighted by Crippen LogP contribution is 2.60. The van der Waals surface area contributed by atoms with Crippen LogP contribution < -0.4 is 14.2 Å². The molecule has 0 bridgehead atoms. The summed E-state index contributed by atoms with van der Waals surface area (Å²) in [6.45, 7) is 12.1. The highest BCUT2D eigenvalue weighted by molar-refractivity contribution is 5.67. The summed E-state index contributed by atoms with van der Waals surface area (Å²) >= 11 is 0. The van der Waals surface area contributed by atoms with E-state index in [1.807, 2.05) is 52.0 Å². The molecule has 2 aliphatic rings. The van der Waals surface area contributed by atoms with Gasteiger partial charge in [-0.25, -0.2) is 0 Å². The third-order valence-corrected chi connectivity index (χ3v) is 6.43. The molecule has 2 aliphatic heterocycles. The lowest BCUT2D eigenvalue weighted by Crippen LogP contribution is -2.23. The Morgan fingerprint density at radius 1 is 1.12 bits per heavy atom. The molecule has 0 unspecified atom stereocenters. The molecule has 6 heteroatoms. The number of fused-ring (bicyclic) bond motifs is 5. The van der Waals surface area contributed by atoms with E-state index in [2.05, 4.69) is 6.58 Å². The van der Waals surface area contributed by atoms with Gasteiger partial charge in [0.15, 0.2) is 23.0 Å². The molecule has 0 spiro atoms. The van der Waals surface area contributed by atoms with Gasteiger partial charge < -0.3 is 29.5 Å². The number of rotatable bonds is 5. The van der Waals surface area contributed by atoms with Gasteiger partial charge in [0, 0.05) is 27.7 Å². The zero-order valence-electron chi connectivity index (χ0n) is 19.2. The van der Waals surface area contributed by atoms with Crippen LogP contribution in [0.1, 0.15) is 62.0 Å². The van der Waals surface area contributed by atoms with Crippen LogP contribution in [-0.2, 0) is 11.8 Å². The lowest BCUT2D eigenvalue weighted by Gasteiger charge is -2.29. The van der Waals surface area contributed by atoms with E-state index < -0.39 is 11.5 Å². The van der Waals surface area contributed by atoms with E-state index in [9.17, 15) is 15.3 Å². The van der Waals surface area contributed by atoms with Crippen LogP contribution in [0.15, 0.2) is 36.4 Å². The fraction of sp³-hybridized carbons (Fsp3) is 0.385. The first-order chi connectivity index (χ1) is 15.1. The molecule has 0 fully saturated rings. The zero-order chi connectivity index (χ0) is 23.4. The van der Waals surface area contributed by atoms with Crippen molar-refractivity contribution in [1.82, 2.24) is 0 Å². The highest BCUT2D eigenvalue weighted by atomic mass is 16.5. The second kappa shape index (κ2) is 7.69. The van der Waals surface area contributed by atoms with Gasteiger partial charge in [-0.2, -0.15) is 0 Å². The summed E-state index contributed by atoms with van der Waals surface area (Å²) in [5, 5.41) is 32.1. The predicted octanol–water partition coefficient (Wildman–Crippen LogP) is 5.39. The van der Waals surface area contributed by atoms with Crippen molar-refractivity contribution in [2.45, 2.75) is 51.6 Å². The molecular weight excluding hydrogens is 408 g/mol. The number of methoxy groups -OCH3 is 1. The summed E-state index contributed by atoms with van der Waals surface area (Å²) in [6.07, 6.45) is 3.79. The Morgan fingerprint density at radius 2 is 1.84 bits per heavy atom. The minimum absolute atomic E-state index is 0.0568. The number of benzene rings is 2. The third kappa shape index (κ3) is 3.25. The van der Waals surface area contributed by atoms with Crippen molar-refractivity contribution in [3.05, 3.63) is 58.7 Å².